The fraction of sp³-hybridized carbons (Fsp3) is 0.182. The van der Waals surface area contributed by atoms with Crippen LogP contribution in [0.5, 0.6) is 0 Å². The lowest BCUT2D eigenvalue weighted by molar-refractivity contribution is 0.102. The van der Waals surface area contributed by atoms with Crippen LogP contribution in [0.4, 0.5) is 11.5 Å². The Morgan fingerprint density at radius 3 is 2.82 bits per heavy atom. The number of nitrogens with zero attached hydrogens (tertiary/aromatic N) is 3. The van der Waals surface area contributed by atoms with Crippen molar-refractivity contribution in [3.63, 3.8) is 0 Å². The summed E-state index contributed by atoms with van der Waals surface area (Å²) in [6.07, 6.45) is 1.49. The van der Waals surface area contributed by atoms with Gasteiger partial charge in [-0.05, 0) is 19.1 Å². The van der Waals surface area contributed by atoms with E-state index in [1.165, 1.54) is 10.9 Å². The van der Waals surface area contributed by atoms with E-state index in [4.69, 9.17) is 5.73 Å². The Morgan fingerprint density at radius 1 is 1.47 bits per heavy atom. The molecule has 0 radical (unpaired) electrons. The summed E-state index contributed by atoms with van der Waals surface area (Å²) in [6.45, 7) is 1.83. The molecule has 0 aliphatic carbocycles. The van der Waals surface area contributed by atoms with Gasteiger partial charge in [-0.1, -0.05) is 6.07 Å². The number of hydrogen-bond donors (Lipinski definition) is 2. The number of nitrogens with one attached hydrogen (secondary N) is 1. The van der Waals surface area contributed by atoms with Crippen LogP contribution >= 0.6 is 0 Å². The number of aryl methyl sites for hydroxylation is 2. The van der Waals surface area contributed by atoms with Crippen LogP contribution < -0.4 is 11.1 Å². The van der Waals surface area contributed by atoms with Crippen LogP contribution in [0.3, 0.4) is 0 Å². The molecular weight excluding hydrogens is 218 g/mol. The summed E-state index contributed by atoms with van der Waals surface area (Å²) in [5.74, 6) is 0.169. The first-order chi connectivity index (χ1) is 8.08. The Morgan fingerprint density at radius 2 is 2.24 bits per heavy atom. The molecule has 3 N–H and O–H groups in total. The number of pyridine rings is 1. The monoisotopic (exact) mass is 231 g/mol. The highest BCUT2D eigenvalue weighted by Gasteiger charge is 2.12. The van der Waals surface area contributed by atoms with Crippen molar-refractivity contribution in [1.82, 2.24) is 14.8 Å². The molecule has 0 aliphatic heterocycles. The molecule has 0 spiro atoms. The normalized spacial score (nSPS) is 10.2. The zero-order chi connectivity index (χ0) is 12.4. The van der Waals surface area contributed by atoms with Crippen LogP contribution in [0.1, 0.15) is 16.2 Å². The molecule has 0 atom stereocenters. The molecule has 1 amide bonds. The van der Waals surface area contributed by atoms with Crippen molar-refractivity contribution < 1.29 is 4.79 Å². The number of nitrogens with two attached hydrogens (primary N) is 1. The molecule has 6 nitrogen and oxygen atoms in total. The summed E-state index contributed by atoms with van der Waals surface area (Å²) in [7, 11) is 1.70. The molecule has 2 aromatic heterocycles. The predicted molar refractivity (Wildman–Crippen MR) is 64.5 cm³/mol. The lowest BCUT2D eigenvalue weighted by Crippen LogP contribution is -2.17. The van der Waals surface area contributed by atoms with Gasteiger partial charge in [0.05, 0.1) is 11.9 Å². The summed E-state index contributed by atoms with van der Waals surface area (Å²) in [4.78, 5) is 16.0. The third kappa shape index (κ3) is 2.25. The highest BCUT2D eigenvalue weighted by molar-refractivity contribution is 6.03. The van der Waals surface area contributed by atoms with Crippen molar-refractivity contribution in [2.24, 2.45) is 7.05 Å². The molecule has 2 rings (SSSR count). The molecule has 2 aromatic rings. The number of amides is 1. The van der Waals surface area contributed by atoms with E-state index >= 15 is 0 Å². The van der Waals surface area contributed by atoms with Gasteiger partial charge in [0.2, 0.25) is 0 Å². The highest BCUT2D eigenvalue weighted by Crippen LogP contribution is 2.16. The van der Waals surface area contributed by atoms with Crippen molar-refractivity contribution in [2.45, 2.75) is 6.92 Å². The van der Waals surface area contributed by atoms with E-state index in [2.05, 4.69) is 15.4 Å². The second-order valence-corrected chi connectivity index (χ2v) is 3.69. The average molecular weight is 231 g/mol. The summed E-state index contributed by atoms with van der Waals surface area (Å²) in [6, 6.07) is 5.26. The van der Waals surface area contributed by atoms with E-state index in [1.807, 2.05) is 13.0 Å². The zero-order valence-corrected chi connectivity index (χ0v) is 9.64. The lowest BCUT2D eigenvalue weighted by Gasteiger charge is -2.06. The van der Waals surface area contributed by atoms with E-state index in [-0.39, 0.29) is 5.91 Å². The fourth-order valence-corrected chi connectivity index (χ4v) is 1.45. The molecule has 0 fully saturated rings. The second kappa shape index (κ2) is 4.25. The third-order valence-electron chi connectivity index (χ3n) is 2.32. The Hall–Kier alpha value is -2.37. The molecule has 2 heterocycles. The molecule has 0 aliphatic rings. The van der Waals surface area contributed by atoms with Crippen LogP contribution in [0.2, 0.25) is 0 Å². The SMILES string of the molecule is Cc1cccc(C(=O)Nc2c(N)cnn2C)n1. The number of carbonyl (C=O) groups is 1. The van der Waals surface area contributed by atoms with E-state index < -0.39 is 0 Å². The minimum Gasteiger partial charge on any atom is -0.394 e. The quantitative estimate of drug-likeness (QED) is 0.806. The van der Waals surface area contributed by atoms with Gasteiger partial charge in [0.25, 0.3) is 5.91 Å². The topological polar surface area (TPSA) is 85.8 Å². The van der Waals surface area contributed by atoms with E-state index in [9.17, 15) is 4.79 Å². The Balaban J connectivity index is 2.23. The Labute approximate surface area is 98.5 Å². The van der Waals surface area contributed by atoms with Crippen LogP contribution in [-0.2, 0) is 7.05 Å². The van der Waals surface area contributed by atoms with Gasteiger partial charge >= 0.3 is 0 Å². The van der Waals surface area contributed by atoms with Crippen LogP contribution in [0.25, 0.3) is 0 Å². The number of hydrogen-bond acceptors (Lipinski definition) is 4. The van der Waals surface area contributed by atoms with Crippen LogP contribution in [0, 0.1) is 6.92 Å². The average Bonchev–Trinajstić information content (AvgIpc) is 2.61. The fourth-order valence-electron chi connectivity index (χ4n) is 1.45. The number of aromatic nitrogens is 3. The Kier molecular flexibility index (Phi) is 2.78. The first-order valence-corrected chi connectivity index (χ1v) is 5.10. The van der Waals surface area contributed by atoms with Crippen LogP contribution in [0.15, 0.2) is 24.4 Å². The number of nitrogen functional groups attached to an aromatic ring is 1. The summed E-state index contributed by atoms with van der Waals surface area (Å²) >= 11 is 0. The zero-order valence-electron chi connectivity index (χ0n) is 9.64. The van der Waals surface area contributed by atoms with Crippen molar-refractivity contribution in [3.8, 4) is 0 Å². The van der Waals surface area contributed by atoms with E-state index in [1.54, 1.807) is 19.2 Å². The van der Waals surface area contributed by atoms with Gasteiger partial charge in [0.15, 0.2) is 5.82 Å². The molecule has 0 aromatic carbocycles. The molecule has 0 unspecified atom stereocenters. The molecule has 0 saturated heterocycles. The first-order valence-electron chi connectivity index (χ1n) is 5.10. The summed E-state index contributed by atoms with van der Waals surface area (Å²) in [5.41, 5.74) is 7.24. The van der Waals surface area contributed by atoms with E-state index in [0.29, 0.717) is 17.2 Å². The maximum Gasteiger partial charge on any atom is 0.275 e. The van der Waals surface area contributed by atoms with Gasteiger partial charge in [-0.2, -0.15) is 5.10 Å². The lowest BCUT2D eigenvalue weighted by atomic mass is 10.3. The minimum absolute atomic E-state index is 0.302. The molecule has 0 saturated carbocycles. The predicted octanol–water partition coefficient (Wildman–Crippen LogP) is 0.958. The summed E-state index contributed by atoms with van der Waals surface area (Å²) in [5, 5.41) is 6.61. The second-order valence-electron chi connectivity index (χ2n) is 3.69. The number of anilines is 2. The largest absolute Gasteiger partial charge is 0.394 e. The molecule has 88 valence electrons. The third-order valence-corrected chi connectivity index (χ3v) is 2.32. The molecule has 6 heteroatoms. The first kappa shape index (κ1) is 11.1. The standard InChI is InChI=1S/C11H13N5O/c1-7-4-3-5-9(14-7)11(17)15-10-8(12)6-13-16(10)2/h3-6H,12H2,1-2H3,(H,15,17). The van der Waals surface area contributed by atoms with Gasteiger partial charge in [0.1, 0.15) is 5.69 Å². The van der Waals surface area contributed by atoms with Gasteiger partial charge in [-0.3, -0.25) is 9.48 Å². The van der Waals surface area contributed by atoms with Crippen molar-refractivity contribution >= 4 is 17.4 Å². The molecule has 0 bridgehead atoms. The number of carbonyl (C=O) groups excluding carboxylic acids is 1. The maximum atomic E-state index is 11.9. The van der Waals surface area contributed by atoms with Crippen molar-refractivity contribution in [2.75, 3.05) is 11.1 Å². The van der Waals surface area contributed by atoms with Gasteiger partial charge in [-0.25, -0.2) is 4.98 Å². The maximum absolute atomic E-state index is 11.9. The minimum atomic E-state index is -0.302. The van der Waals surface area contributed by atoms with Gasteiger partial charge in [0, 0.05) is 12.7 Å². The molecule has 17 heavy (non-hydrogen) atoms. The van der Waals surface area contributed by atoms with E-state index in [0.717, 1.165) is 5.69 Å². The van der Waals surface area contributed by atoms with Crippen LogP contribution in [-0.4, -0.2) is 20.7 Å². The smallest absolute Gasteiger partial charge is 0.275 e. The van der Waals surface area contributed by atoms with Crippen molar-refractivity contribution in [1.29, 1.82) is 0 Å². The van der Waals surface area contributed by atoms with Crippen molar-refractivity contribution in [3.05, 3.63) is 35.8 Å². The number of rotatable bonds is 2. The highest BCUT2D eigenvalue weighted by atomic mass is 16.2. The van der Waals surface area contributed by atoms with Gasteiger partial charge in [-0.15, -0.1) is 0 Å². The molecular formula is C11H13N5O. The summed E-state index contributed by atoms with van der Waals surface area (Å²) < 4.78 is 1.50. The Bertz CT molecular complexity index is 541. The van der Waals surface area contributed by atoms with Gasteiger partial charge < -0.3 is 11.1 Å².